The summed E-state index contributed by atoms with van der Waals surface area (Å²) in [5.74, 6) is -0.880. The first-order chi connectivity index (χ1) is 8.40. The molecule has 0 aromatic heterocycles. The third-order valence-electron chi connectivity index (χ3n) is 3.25. The normalized spacial score (nSPS) is 19.4. The van der Waals surface area contributed by atoms with Crippen molar-refractivity contribution in [1.82, 2.24) is 0 Å². The number of amides is 2. The average Bonchev–Trinajstić information content (AvgIpc) is 2.59. The summed E-state index contributed by atoms with van der Waals surface area (Å²) in [6.45, 7) is 4.16. The van der Waals surface area contributed by atoms with Gasteiger partial charge in [0.2, 0.25) is 11.8 Å². The highest BCUT2D eigenvalue weighted by atomic mass is 35.5. The molecular weight excluding hydrogens is 252 g/mol. The predicted octanol–water partition coefficient (Wildman–Crippen LogP) is 1.80. The molecule has 0 spiro atoms. The molecule has 1 aliphatic heterocycles. The monoisotopic (exact) mass is 266 g/mol. The summed E-state index contributed by atoms with van der Waals surface area (Å²) in [6, 6.07) is 3.63. The molecule has 1 atom stereocenters. The van der Waals surface area contributed by atoms with Crippen molar-refractivity contribution in [2.24, 2.45) is 11.7 Å². The van der Waals surface area contributed by atoms with Crippen LogP contribution in [0.15, 0.2) is 12.1 Å². The maximum atomic E-state index is 12.0. The van der Waals surface area contributed by atoms with Gasteiger partial charge in [-0.05, 0) is 37.1 Å². The molecule has 2 rings (SSSR count). The fourth-order valence-corrected chi connectivity index (χ4v) is 2.77. The smallest absolute Gasteiger partial charge is 0.227 e. The number of benzene rings is 1. The van der Waals surface area contributed by atoms with Crippen LogP contribution in [0.2, 0.25) is 5.02 Å². The fraction of sp³-hybridized carbons (Fsp3) is 0.385. The molecule has 0 bridgehead atoms. The van der Waals surface area contributed by atoms with Crippen LogP contribution in [0.3, 0.4) is 0 Å². The zero-order valence-corrected chi connectivity index (χ0v) is 11.1. The van der Waals surface area contributed by atoms with E-state index in [0.29, 0.717) is 11.6 Å². The third-order valence-corrected chi connectivity index (χ3v) is 3.47. The van der Waals surface area contributed by atoms with Crippen molar-refractivity contribution in [1.29, 1.82) is 0 Å². The molecule has 4 nitrogen and oxygen atoms in total. The van der Waals surface area contributed by atoms with Crippen LogP contribution in [0, 0.1) is 19.8 Å². The number of halogens is 1. The number of anilines is 1. The second kappa shape index (κ2) is 4.61. The third kappa shape index (κ3) is 2.20. The maximum absolute atomic E-state index is 12.0. The Kier molecular flexibility index (Phi) is 3.30. The van der Waals surface area contributed by atoms with Gasteiger partial charge in [-0.15, -0.1) is 0 Å². The molecule has 0 aliphatic carbocycles. The molecule has 18 heavy (non-hydrogen) atoms. The second-order valence-corrected chi connectivity index (χ2v) is 5.13. The molecule has 0 saturated carbocycles. The van der Waals surface area contributed by atoms with E-state index in [1.165, 1.54) is 0 Å². The molecule has 1 heterocycles. The Balaban J connectivity index is 2.39. The van der Waals surface area contributed by atoms with Gasteiger partial charge < -0.3 is 10.6 Å². The highest BCUT2D eigenvalue weighted by Crippen LogP contribution is 2.32. The summed E-state index contributed by atoms with van der Waals surface area (Å²) in [4.78, 5) is 24.8. The van der Waals surface area contributed by atoms with E-state index in [4.69, 9.17) is 17.3 Å². The van der Waals surface area contributed by atoms with Crippen LogP contribution in [0.5, 0.6) is 0 Å². The number of rotatable bonds is 2. The van der Waals surface area contributed by atoms with Crippen LogP contribution in [0.25, 0.3) is 0 Å². The molecule has 1 fully saturated rings. The zero-order valence-electron chi connectivity index (χ0n) is 10.4. The molecule has 1 aromatic rings. The number of hydrogen-bond acceptors (Lipinski definition) is 2. The quantitative estimate of drug-likeness (QED) is 0.887. The molecule has 96 valence electrons. The second-order valence-electron chi connectivity index (χ2n) is 4.70. The van der Waals surface area contributed by atoms with Gasteiger partial charge in [-0.25, -0.2) is 0 Å². The van der Waals surface area contributed by atoms with Crippen LogP contribution in [0.4, 0.5) is 5.69 Å². The number of nitrogens with zero attached hydrogens (tertiary/aromatic N) is 1. The Hall–Kier alpha value is -1.55. The number of aryl methyl sites for hydroxylation is 2. The number of hydrogen-bond donors (Lipinski definition) is 1. The van der Waals surface area contributed by atoms with Crippen LogP contribution < -0.4 is 10.6 Å². The lowest BCUT2D eigenvalue weighted by atomic mass is 10.1. The number of carbonyl (C=O) groups excluding carboxylic acids is 2. The topological polar surface area (TPSA) is 63.4 Å². The van der Waals surface area contributed by atoms with Crippen molar-refractivity contribution < 1.29 is 9.59 Å². The molecule has 5 heteroatoms. The molecule has 2 amide bonds. The van der Waals surface area contributed by atoms with Gasteiger partial charge in [0.15, 0.2) is 0 Å². The van der Waals surface area contributed by atoms with Gasteiger partial charge in [-0.1, -0.05) is 11.6 Å². The van der Waals surface area contributed by atoms with Crippen LogP contribution in [-0.2, 0) is 9.59 Å². The van der Waals surface area contributed by atoms with Crippen molar-refractivity contribution in [2.75, 3.05) is 11.4 Å². The van der Waals surface area contributed by atoms with E-state index in [2.05, 4.69) is 0 Å². The standard InChI is InChI=1S/C13H15ClN2O2/c1-7-3-10(14)4-8(2)12(7)16-6-9(13(15)18)5-11(16)17/h3-4,9H,5-6H2,1-2H3,(H2,15,18). The number of nitrogens with two attached hydrogens (primary N) is 1. The Bertz CT molecular complexity index is 505. The minimum absolute atomic E-state index is 0.0627. The number of primary amides is 1. The van der Waals surface area contributed by atoms with E-state index in [1.807, 2.05) is 26.0 Å². The average molecular weight is 267 g/mol. The molecule has 1 saturated heterocycles. The zero-order chi connectivity index (χ0) is 13.4. The van der Waals surface area contributed by atoms with E-state index < -0.39 is 11.8 Å². The first-order valence-corrected chi connectivity index (χ1v) is 6.14. The Morgan fingerprint density at radius 1 is 1.39 bits per heavy atom. The highest BCUT2D eigenvalue weighted by molar-refractivity contribution is 6.30. The summed E-state index contributed by atoms with van der Waals surface area (Å²) in [5.41, 5.74) is 7.96. The van der Waals surface area contributed by atoms with Gasteiger partial charge in [0, 0.05) is 23.7 Å². The first-order valence-electron chi connectivity index (χ1n) is 5.76. The molecule has 1 unspecified atom stereocenters. The van der Waals surface area contributed by atoms with Crippen LogP contribution in [0.1, 0.15) is 17.5 Å². The highest BCUT2D eigenvalue weighted by Gasteiger charge is 2.35. The van der Waals surface area contributed by atoms with Gasteiger partial charge in [0.25, 0.3) is 0 Å². The van der Waals surface area contributed by atoms with E-state index >= 15 is 0 Å². The molecule has 0 radical (unpaired) electrons. The summed E-state index contributed by atoms with van der Waals surface area (Å²) in [6.07, 6.45) is 0.191. The van der Waals surface area contributed by atoms with Gasteiger partial charge in [-0.2, -0.15) is 0 Å². The minimum Gasteiger partial charge on any atom is -0.369 e. The van der Waals surface area contributed by atoms with Crippen molar-refractivity contribution in [3.8, 4) is 0 Å². The number of carbonyl (C=O) groups is 2. The largest absolute Gasteiger partial charge is 0.369 e. The molecule has 1 aliphatic rings. The van der Waals surface area contributed by atoms with E-state index in [0.717, 1.165) is 16.8 Å². The SMILES string of the molecule is Cc1cc(Cl)cc(C)c1N1CC(C(N)=O)CC1=O. The summed E-state index contributed by atoms with van der Waals surface area (Å²) in [7, 11) is 0. The van der Waals surface area contributed by atoms with Gasteiger partial charge in [0.1, 0.15) is 0 Å². The van der Waals surface area contributed by atoms with E-state index in [1.54, 1.807) is 4.90 Å². The van der Waals surface area contributed by atoms with Gasteiger partial charge in [0.05, 0.1) is 5.92 Å². The minimum atomic E-state index is -0.421. The maximum Gasteiger partial charge on any atom is 0.227 e. The summed E-state index contributed by atoms with van der Waals surface area (Å²) in [5, 5.41) is 0.645. The Morgan fingerprint density at radius 3 is 2.39 bits per heavy atom. The van der Waals surface area contributed by atoms with Crippen molar-refractivity contribution in [2.45, 2.75) is 20.3 Å². The Labute approximate surface area is 111 Å². The van der Waals surface area contributed by atoms with Crippen molar-refractivity contribution in [3.05, 3.63) is 28.3 Å². The summed E-state index contributed by atoms with van der Waals surface area (Å²) >= 11 is 5.97. The van der Waals surface area contributed by atoms with Gasteiger partial charge >= 0.3 is 0 Å². The van der Waals surface area contributed by atoms with E-state index in [-0.39, 0.29) is 12.3 Å². The fourth-order valence-electron chi connectivity index (χ4n) is 2.44. The summed E-state index contributed by atoms with van der Waals surface area (Å²) < 4.78 is 0. The first kappa shape index (κ1) is 12.9. The molecule has 1 aromatic carbocycles. The van der Waals surface area contributed by atoms with Crippen LogP contribution >= 0.6 is 11.6 Å². The molecule has 2 N–H and O–H groups in total. The van der Waals surface area contributed by atoms with Crippen molar-refractivity contribution in [3.63, 3.8) is 0 Å². The van der Waals surface area contributed by atoms with Crippen molar-refractivity contribution >= 4 is 29.1 Å². The Morgan fingerprint density at radius 2 is 1.94 bits per heavy atom. The molecular formula is C13H15ClN2O2. The van der Waals surface area contributed by atoms with Crippen LogP contribution in [-0.4, -0.2) is 18.4 Å². The lowest BCUT2D eigenvalue weighted by Gasteiger charge is -2.21. The lowest BCUT2D eigenvalue weighted by Crippen LogP contribution is -2.29. The van der Waals surface area contributed by atoms with Gasteiger partial charge in [-0.3, -0.25) is 9.59 Å². The lowest BCUT2D eigenvalue weighted by molar-refractivity contribution is -0.123. The van der Waals surface area contributed by atoms with E-state index in [9.17, 15) is 9.59 Å². The predicted molar refractivity (Wildman–Crippen MR) is 70.6 cm³/mol.